The van der Waals surface area contributed by atoms with Crippen molar-refractivity contribution >= 4 is 23.8 Å². The number of amides is 1. The van der Waals surface area contributed by atoms with Crippen LogP contribution in [0.4, 0.5) is 5.69 Å². The summed E-state index contributed by atoms with van der Waals surface area (Å²) in [5.41, 5.74) is 3.22. The molecule has 3 aromatic rings. The van der Waals surface area contributed by atoms with Gasteiger partial charge in [0.15, 0.2) is 0 Å². The number of ether oxygens (including phenoxy) is 1. The van der Waals surface area contributed by atoms with Crippen LogP contribution in [-0.4, -0.2) is 28.0 Å². The molecule has 0 spiro atoms. The Kier molecular flexibility index (Phi) is 6.01. The Labute approximate surface area is 164 Å². The van der Waals surface area contributed by atoms with E-state index >= 15 is 0 Å². The highest BCUT2D eigenvalue weighted by atomic mass is 16.6. The third-order valence-corrected chi connectivity index (χ3v) is 3.68. The molecule has 3 rings (SSSR count). The second-order valence-corrected chi connectivity index (χ2v) is 5.70. The summed E-state index contributed by atoms with van der Waals surface area (Å²) >= 11 is 0. The number of benzene rings is 2. The van der Waals surface area contributed by atoms with Crippen molar-refractivity contribution in [3.8, 4) is 5.75 Å². The van der Waals surface area contributed by atoms with Crippen molar-refractivity contribution < 1.29 is 19.2 Å². The van der Waals surface area contributed by atoms with Crippen LogP contribution in [0, 0.1) is 10.1 Å². The number of nitrogens with one attached hydrogen (secondary N) is 1. The lowest BCUT2D eigenvalue weighted by Gasteiger charge is -2.05. The maximum atomic E-state index is 12.2. The van der Waals surface area contributed by atoms with Gasteiger partial charge in [-0.05, 0) is 35.9 Å². The smallest absolute Gasteiger partial charge is 0.343 e. The van der Waals surface area contributed by atoms with Gasteiger partial charge in [0, 0.05) is 30.1 Å². The van der Waals surface area contributed by atoms with E-state index in [-0.39, 0.29) is 17.0 Å². The van der Waals surface area contributed by atoms with Gasteiger partial charge in [-0.25, -0.2) is 10.2 Å². The number of nitrogens with zero attached hydrogens (tertiary/aromatic N) is 3. The molecule has 0 radical (unpaired) electrons. The largest absolute Gasteiger partial charge is 0.423 e. The normalized spacial score (nSPS) is 10.5. The number of non-ortho nitro benzene ring substituents is 1. The van der Waals surface area contributed by atoms with Crippen LogP contribution in [-0.2, 0) is 0 Å². The van der Waals surface area contributed by atoms with Crippen molar-refractivity contribution in [2.45, 2.75) is 0 Å². The number of esters is 1. The molecule has 144 valence electrons. The van der Waals surface area contributed by atoms with E-state index in [1.807, 2.05) is 0 Å². The lowest BCUT2D eigenvalue weighted by molar-refractivity contribution is -0.384. The highest BCUT2D eigenvalue weighted by molar-refractivity contribution is 5.95. The minimum atomic E-state index is -0.728. The number of carbonyl (C=O) groups is 2. The molecule has 2 aromatic carbocycles. The molecule has 1 heterocycles. The molecule has 29 heavy (non-hydrogen) atoms. The monoisotopic (exact) mass is 390 g/mol. The van der Waals surface area contributed by atoms with Gasteiger partial charge in [-0.15, -0.1) is 0 Å². The van der Waals surface area contributed by atoms with Crippen LogP contribution in [0.25, 0.3) is 0 Å². The van der Waals surface area contributed by atoms with Gasteiger partial charge in [-0.3, -0.25) is 19.9 Å². The first-order chi connectivity index (χ1) is 14.0. The molecule has 0 saturated carbocycles. The summed E-state index contributed by atoms with van der Waals surface area (Å²) in [6.45, 7) is 0. The molecule has 0 atom stereocenters. The van der Waals surface area contributed by atoms with Crippen molar-refractivity contribution in [3.63, 3.8) is 0 Å². The van der Waals surface area contributed by atoms with Crippen LogP contribution in [0.5, 0.6) is 5.75 Å². The number of hydrogen-bond donors (Lipinski definition) is 1. The molecule has 9 heteroatoms. The molecule has 0 saturated heterocycles. The van der Waals surface area contributed by atoms with Crippen molar-refractivity contribution in [1.29, 1.82) is 0 Å². The Morgan fingerprint density at radius 1 is 1.03 bits per heavy atom. The maximum Gasteiger partial charge on any atom is 0.343 e. The van der Waals surface area contributed by atoms with Crippen LogP contribution in [0.3, 0.4) is 0 Å². The second-order valence-electron chi connectivity index (χ2n) is 5.70. The fourth-order valence-electron chi connectivity index (χ4n) is 2.30. The van der Waals surface area contributed by atoms with Gasteiger partial charge in [0.1, 0.15) is 5.75 Å². The number of nitro benzene ring substituents is 1. The van der Waals surface area contributed by atoms with Crippen molar-refractivity contribution in [3.05, 3.63) is 99.9 Å². The summed E-state index contributed by atoms with van der Waals surface area (Å²) in [4.78, 5) is 38.2. The number of hydrazone groups is 1. The Morgan fingerprint density at radius 2 is 1.79 bits per heavy atom. The number of carbonyl (C=O) groups excluding carboxylic acids is 2. The first-order valence-corrected chi connectivity index (χ1v) is 8.33. The second kappa shape index (κ2) is 9.00. The van der Waals surface area contributed by atoms with Gasteiger partial charge in [0.25, 0.3) is 11.6 Å². The Morgan fingerprint density at radius 3 is 2.55 bits per heavy atom. The molecular weight excluding hydrogens is 376 g/mol. The predicted molar refractivity (Wildman–Crippen MR) is 104 cm³/mol. The fourth-order valence-corrected chi connectivity index (χ4v) is 2.30. The van der Waals surface area contributed by atoms with Gasteiger partial charge in [-0.1, -0.05) is 18.2 Å². The Bertz CT molecular complexity index is 1080. The highest BCUT2D eigenvalue weighted by Gasteiger charge is 2.13. The molecule has 0 aliphatic heterocycles. The number of nitro groups is 1. The maximum absolute atomic E-state index is 12.2. The van der Waals surface area contributed by atoms with Gasteiger partial charge in [0.05, 0.1) is 16.7 Å². The number of rotatable bonds is 6. The van der Waals surface area contributed by atoms with Crippen LogP contribution in [0.15, 0.2) is 78.2 Å². The van der Waals surface area contributed by atoms with Crippen molar-refractivity contribution in [1.82, 2.24) is 10.4 Å². The standard InChI is InChI=1S/C20H14N4O5/c25-19(15-7-9-21-10-8-15)23-22-13-14-3-1-6-18(11-14)29-20(26)16-4-2-5-17(12-16)24(27)28/h1-13H,(H,23,25). The lowest BCUT2D eigenvalue weighted by Crippen LogP contribution is -2.17. The first kappa shape index (κ1) is 19.4. The molecule has 1 amide bonds. The summed E-state index contributed by atoms with van der Waals surface area (Å²) < 4.78 is 5.26. The fraction of sp³-hybridized carbons (Fsp3) is 0. The summed E-state index contributed by atoms with van der Waals surface area (Å²) in [5.74, 6) is -0.892. The third kappa shape index (κ3) is 5.30. The van der Waals surface area contributed by atoms with Crippen molar-refractivity contribution in [2.75, 3.05) is 0 Å². The van der Waals surface area contributed by atoms with Crippen LogP contribution in [0.1, 0.15) is 26.3 Å². The third-order valence-electron chi connectivity index (χ3n) is 3.68. The van der Waals surface area contributed by atoms with E-state index in [0.29, 0.717) is 11.1 Å². The van der Waals surface area contributed by atoms with Gasteiger partial charge in [0.2, 0.25) is 0 Å². The van der Waals surface area contributed by atoms with E-state index in [0.717, 1.165) is 6.07 Å². The average molecular weight is 390 g/mol. The zero-order chi connectivity index (χ0) is 20.6. The van der Waals surface area contributed by atoms with Gasteiger partial charge < -0.3 is 4.74 Å². The van der Waals surface area contributed by atoms with Crippen LogP contribution in [0.2, 0.25) is 0 Å². The molecule has 0 unspecified atom stereocenters. The van der Waals surface area contributed by atoms with E-state index in [1.54, 1.807) is 30.3 Å². The molecule has 0 bridgehead atoms. The molecule has 0 fully saturated rings. The van der Waals surface area contributed by atoms with E-state index in [9.17, 15) is 19.7 Å². The molecule has 0 aliphatic carbocycles. The lowest BCUT2D eigenvalue weighted by atomic mass is 10.2. The van der Waals surface area contributed by atoms with Crippen LogP contribution < -0.4 is 10.2 Å². The zero-order valence-corrected chi connectivity index (χ0v) is 14.9. The van der Waals surface area contributed by atoms with E-state index in [4.69, 9.17) is 4.74 Å². The summed E-state index contributed by atoms with van der Waals surface area (Å²) in [5, 5.41) is 14.7. The minimum Gasteiger partial charge on any atom is -0.423 e. The molecule has 1 aromatic heterocycles. The molecule has 0 aliphatic rings. The van der Waals surface area contributed by atoms with E-state index in [1.165, 1.54) is 42.9 Å². The Balaban J connectivity index is 1.65. The average Bonchev–Trinajstić information content (AvgIpc) is 2.74. The SMILES string of the molecule is O=C(NN=Cc1cccc(OC(=O)c2cccc([N+](=O)[O-])c2)c1)c1ccncc1. The number of pyridine rings is 1. The van der Waals surface area contributed by atoms with Crippen LogP contribution >= 0.6 is 0 Å². The number of aromatic nitrogens is 1. The van der Waals surface area contributed by atoms with Gasteiger partial charge in [-0.2, -0.15) is 5.10 Å². The molecule has 9 nitrogen and oxygen atoms in total. The van der Waals surface area contributed by atoms with Gasteiger partial charge >= 0.3 is 5.97 Å². The minimum absolute atomic E-state index is 0.0582. The first-order valence-electron chi connectivity index (χ1n) is 8.33. The quantitative estimate of drug-likeness (QED) is 0.227. The summed E-state index contributed by atoms with van der Waals surface area (Å²) in [7, 11) is 0. The molecular formula is C20H14N4O5. The summed E-state index contributed by atoms with van der Waals surface area (Å²) in [6.07, 6.45) is 4.39. The Hall–Kier alpha value is -4.40. The summed E-state index contributed by atoms with van der Waals surface area (Å²) in [6, 6.07) is 14.8. The topological polar surface area (TPSA) is 124 Å². The predicted octanol–water partition coefficient (Wildman–Crippen LogP) is 2.97. The van der Waals surface area contributed by atoms with Crippen molar-refractivity contribution in [2.24, 2.45) is 5.10 Å². The zero-order valence-electron chi connectivity index (χ0n) is 14.9. The molecule has 1 N–H and O–H groups in total. The number of hydrogen-bond acceptors (Lipinski definition) is 7. The van der Waals surface area contributed by atoms with E-state index in [2.05, 4.69) is 15.5 Å². The van der Waals surface area contributed by atoms with E-state index < -0.39 is 16.8 Å². The highest BCUT2D eigenvalue weighted by Crippen LogP contribution is 2.17.